The quantitative estimate of drug-likeness (QED) is 0.774. The van der Waals surface area contributed by atoms with Crippen molar-refractivity contribution in [2.45, 2.75) is 24.9 Å². The summed E-state index contributed by atoms with van der Waals surface area (Å²) in [5, 5.41) is 2.89. The minimum Gasteiger partial charge on any atom is -0.497 e. The van der Waals surface area contributed by atoms with Crippen LogP contribution in [0.4, 0.5) is 0 Å². The van der Waals surface area contributed by atoms with E-state index in [9.17, 15) is 4.79 Å². The molecule has 1 aromatic carbocycles. The highest BCUT2D eigenvalue weighted by atomic mass is 16.5. The van der Waals surface area contributed by atoms with E-state index in [1.807, 2.05) is 24.3 Å². The van der Waals surface area contributed by atoms with Crippen LogP contribution in [0.15, 0.2) is 24.3 Å². The third-order valence-corrected chi connectivity index (χ3v) is 2.71. The number of rotatable bonds is 4. The molecule has 0 radical (unpaired) electrons. The monoisotopic (exact) mass is 220 g/mol. The largest absolute Gasteiger partial charge is 0.497 e. The van der Waals surface area contributed by atoms with Crippen LogP contribution in [-0.2, 0) is 11.2 Å². The summed E-state index contributed by atoms with van der Waals surface area (Å²) in [6.45, 7) is 0. The normalized spacial score (nSPS) is 22.6. The standard InChI is InChI=1S/C12H16N2O2/c1-16-9-4-2-8(3-5-9)6-12(15)14-11-7-10(11)13/h2-5,10-11H,6-7,13H2,1H3,(H,14,15). The Hall–Kier alpha value is -1.55. The molecular formula is C12H16N2O2. The molecule has 1 saturated carbocycles. The van der Waals surface area contributed by atoms with Crippen LogP contribution in [0.1, 0.15) is 12.0 Å². The van der Waals surface area contributed by atoms with Crippen LogP contribution >= 0.6 is 0 Å². The van der Waals surface area contributed by atoms with E-state index < -0.39 is 0 Å². The molecule has 4 nitrogen and oxygen atoms in total. The summed E-state index contributed by atoms with van der Waals surface area (Å²) in [5.41, 5.74) is 6.59. The Kier molecular flexibility index (Phi) is 3.10. The van der Waals surface area contributed by atoms with Gasteiger partial charge in [0.2, 0.25) is 5.91 Å². The number of hydrogen-bond acceptors (Lipinski definition) is 3. The molecular weight excluding hydrogens is 204 g/mol. The predicted molar refractivity (Wildman–Crippen MR) is 61.2 cm³/mol. The maximum atomic E-state index is 11.6. The molecule has 0 spiro atoms. The second-order valence-corrected chi connectivity index (χ2v) is 4.10. The summed E-state index contributed by atoms with van der Waals surface area (Å²) in [6, 6.07) is 7.83. The smallest absolute Gasteiger partial charge is 0.224 e. The molecule has 1 aromatic rings. The fourth-order valence-electron chi connectivity index (χ4n) is 1.57. The van der Waals surface area contributed by atoms with Crippen LogP contribution in [0.25, 0.3) is 0 Å². The van der Waals surface area contributed by atoms with Gasteiger partial charge in [0.25, 0.3) is 0 Å². The Morgan fingerprint density at radius 2 is 2.12 bits per heavy atom. The topological polar surface area (TPSA) is 64.3 Å². The Balaban J connectivity index is 1.85. The molecule has 0 bridgehead atoms. The zero-order chi connectivity index (χ0) is 11.5. The third kappa shape index (κ3) is 2.73. The molecule has 2 unspecified atom stereocenters. The van der Waals surface area contributed by atoms with Gasteiger partial charge in [-0.15, -0.1) is 0 Å². The van der Waals surface area contributed by atoms with Gasteiger partial charge in [-0.05, 0) is 24.1 Å². The molecule has 16 heavy (non-hydrogen) atoms. The minimum atomic E-state index is 0.0307. The average molecular weight is 220 g/mol. The van der Waals surface area contributed by atoms with Crippen molar-refractivity contribution in [1.29, 1.82) is 0 Å². The number of nitrogens with one attached hydrogen (secondary N) is 1. The van der Waals surface area contributed by atoms with Gasteiger partial charge < -0.3 is 15.8 Å². The average Bonchev–Trinajstić information content (AvgIpc) is 2.95. The molecule has 0 saturated heterocycles. The predicted octanol–water partition coefficient (Wildman–Crippen LogP) is 0.453. The highest BCUT2D eigenvalue weighted by Gasteiger charge is 2.34. The Morgan fingerprint density at radius 3 is 2.62 bits per heavy atom. The number of ether oxygens (including phenoxy) is 1. The molecule has 1 fully saturated rings. The summed E-state index contributed by atoms with van der Waals surface area (Å²) >= 11 is 0. The molecule has 0 heterocycles. The number of carbonyl (C=O) groups is 1. The Labute approximate surface area is 94.8 Å². The van der Waals surface area contributed by atoms with Crippen LogP contribution in [0.3, 0.4) is 0 Å². The Morgan fingerprint density at radius 1 is 1.50 bits per heavy atom. The number of methoxy groups -OCH3 is 1. The van der Waals surface area contributed by atoms with E-state index in [0.717, 1.165) is 17.7 Å². The SMILES string of the molecule is COc1ccc(CC(=O)NC2CC2N)cc1. The molecule has 86 valence electrons. The van der Waals surface area contributed by atoms with Gasteiger partial charge >= 0.3 is 0 Å². The zero-order valence-corrected chi connectivity index (χ0v) is 9.27. The van der Waals surface area contributed by atoms with Crippen molar-refractivity contribution in [3.8, 4) is 5.75 Å². The van der Waals surface area contributed by atoms with Gasteiger partial charge in [0, 0.05) is 12.1 Å². The number of hydrogen-bond donors (Lipinski definition) is 2. The van der Waals surface area contributed by atoms with E-state index in [1.54, 1.807) is 7.11 Å². The third-order valence-electron chi connectivity index (χ3n) is 2.71. The number of nitrogens with two attached hydrogens (primary N) is 1. The van der Waals surface area contributed by atoms with E-state index in [1.165, 1.54) is 0 Å². The molecule has 2 rings (SSSR count). The second kappa shape index (κ2) is 4.53. The van der Waals surface area contributed by atoms with Crippen molar-refractivity contribution < 1.29 is 9.53 Å². The van der Waals surface area contributed by atoms with Crippen LogP contribution in [-0.4, -0.2) is 25.1 Å². The summed E-state index contributed by atoms with van der Waals surface area (Å²) in [5.74, 6) is 0.830. The van der Waals surface area contributed by atoms with Crippen LogP contribution in [0.5, 0.6) is 5.75 Å². The van der Waals surface area contributed by atoms with Gasteiger partial charge in [0.15, 0.2) is 0 Å². The molecule has 4 heteroatoms. The van der Waals surface area contributed by atoms with Crippen molar-refractivity contribution >= 4 is 5.91 Å². The molecule has 2 atom stereocenters. The fraction of sp³-hybridized carbons (Fsp3) is 0.417. The van der Waals surface area contributed by atoms with Crippen molar-refractivity contribution in [2.75, 3.05) is 7.11 Å². The number of amides is 1. The Bertz CT molecular complexity index is 375. The van der Waals surface area contributed by atoms with Gasteiger partial charge in [-0.2, -0.15) is 0 Å². The zero-order valence-electron chi connectivity index (χ0n) is 9.27. The van der Waals surface area contributed by atoms with E-state index >= 15 is 0 Å². The minimum absolute atomic E-state index is 0.0307. The van der Waals surface area contributed by atoms with Crippen LogP contribution < -0.4 is 15.8 Å². The van der Waals surface area contributed by atoms with E-state index in [-0.39, 0.29) is 18.0 Å². The maximum absolute atomic E-state index is 11.6. The first-order chi connectivity index (χ1) is 7.69. The van der Waals surface area contributed by atoms with Crippen molar-refractivity contribution in [1.82, 2.24) is 5.32 Å². The summed E-state index contributed by atoms with van der Waals surface area (Å²) < 4.78 is 5.05. The van der Waals surface area contributed by atoms with Crippen LogP contribution in [0, 0.1) is 0 Å². The first-order valence-corrected chi connectivity index (χ1v) is 5.37. The van der Waals surface area contributed by atoms with E-state index in [2.05, 4.69) is 5.32 Å². The van der Waals surface area contributed by atoms with Gasteiger partial charge in [-0.1, -0.05) is 12.1 Å². The molecule has 0 aliphatic heterocycles. The lowest BCUT2D eigenvalue weighted by Crippen LogP contribution is -2.30. The lowest BCUT2D eigenvalue weighted by Gasteiger charge is -2.04. The molecule has 1 aliphatic carbocycles. The summed E-state index contributed by atoms with van der Waals surface area (Å²) in [6.07, 6.45) is 1.29. The molecule has 1 amide bonds. The van der Waals surface area contributed by atoms with Crippen molar-refractivity contribution in [3.05, 3.63) is 29.8 Å². The van der Waals surface area contributed by atoms with Gasteiger partial charge in [0.05, 0.1) is 13.5 Å². The second-order valence-electron chi connectivity index (χ2n) is 4.10. The number of benzene rings is 1. The van der Waals surface area contributed by atoms with E-state index in [0.29, 0.717) is 6.42 Å². The molecule has 0 aromatic heterocycles. The van der Waals surface area contributed by atoms with Gasteiger partial charge in [0.1, 0.15) is 5.75 Å². The van der Waals surface area contributed by atoms with Gasteiger partial charge in [-0.3, -0.25) is 4.79 Å². The highest BCUT2D eigenvalue weighted by Crippen LogP contribution is 2.18. The van der Waals surface area contributed by atoms with E-state index in [4.69, 9.17) is 10.5 Å². The molecule has 3 N–H and O–H groups in total. The fourth-order valence-corrected chi connectivity index (χ4v) is 1.57. The molecule has 1 aliphatic rings. The number of carbonyl (C=O) groups excluding carboxylic acids is 1. The van der Waals surface area contributed by atoms with Crippen LogP contribution in [0.2, 0.25) is 0 Å². The maximum Gasteiger partial charge on any atom is 0.224 e. The van der Waals surface area contributed by atoms with Crippen molar-refractivity contribution in [3.63, 3.8) is 0 Å². The first kappa shape index (κ1) is 11.0. The first-order valence-electron chi connectivity index (χ1n) is 5.37. The van der Waals surface area contributed by atoms with Gasteiger partial charge in [-0.25, -0.2) is 0 Å². The summed E-state index contributed by atoms with van der Waals surface area (Å²) in [4.78, 5) is 11.6. The lowest BCUT2D eigenvalue weighted by molar-refractivity contribution is -0.120. The summed E-state index contributed by atoms with van der Waals surface area (Å²) in [7, 11) is 1.62. The highest BCUT2D eigenvalue weighted by molar-refractivity contribution is 5.79. The van der Waals surface area contributed by atoms with Crippen molar-refractivity contribution in [2.24, 2.45) is 5.73 Å². The lowest BCUT2D eigenvalue weighted by atomic mass is 10.1.